The molecular weight excluding hydrogens is 355 g/mol. The van der Waals surface area contributed by atoms with Gasteiger partial charge in [0, 0.05) is 42.8 Å². The van der Waals surface area contributed by atoms with Crippen molar-refractivity contribution in [1.29, 1.82) is 0 Å². The van der Waals surface area contributed by atoms with E-state index in [2.05, 4.69) is 25.3 Å². The van der Waals surface area contributed by atoms with E-state index in [1.807, 2.05) is 36.5 Å². The van der Waals surface area contributed by atoms with Crippen molar-refractivity contribution >= 4 is 5.96 Å². The van der Waals surface area contributed by atoms with Crippen molar-refractivity contribution in [2.75, 3.05) is 13.1 Å². The molecule has 2 aromatic heterocycles. The molecule has 0 saturated carbocycles. The first-order valence-corrected chi connectivity index (χ1v) is 9.40. The van der Waals surface area contributed by atoms with Crippen molar-refractivity contribution in [3.05, 3.63) is 84.0 Å². The van der Waals surface area contributed by atoms with Crippen LogP contribution in [0.4, 0.5) is 4.39 Å². The smallest absolute Gasteiger partial charge is 0.188 e. The Morgan fingerprint density at radius 2 is 2.07 bits per heavy atom. The number of aromatic nitrogens is 3. The number of nitrogens with zero attached hydrogens (tertiary/aromatic N) is 3. The van der Waals surface area contributed by atoms with Gasteiger partial charge < -0.3 is 16.0 Å². The van der Waals surface area contributed by atoms with E-state index in [1.165, 1.54) is 12.1 Å². The first-order valence-electron chi connectivity index (χ1n) is 9.40. The van der Waals surface area contributed by atoms with Crippen LogP contribution in [-0.2, 0) is 6.42 Å². The van der Waals surface area contributed by atoms with E-state index in [9.17, 15) is 4.39 Å². The Kier molecular flexibility index (Phi) is 7.12. The fourth-order valence-corrected chi connectivity index (χ4v) is 3.05. The number of hydrogen-bond acceptors (Lipinski definition) is 3. The number of guanidine groups is 1. The molecule has 0 aliphatic carbocycles. The van der Waals surface area contributed by atoms with Crippen LogP contribution < -0.4 is 11.1 Å². The largest absolute Gasteiger partial charge is 0.370 e. The number of rotatable bonds is 9. The summed E-state index contributed by atoms with van der Waals surface area (Å²) < 4.78 is 13.3. The molecule has 3 aromatic rings. The number of pyridine rings is 1. The van der Waals surface area contributed by atoms with Gasteiger partial charge in [0.1, 0.15) is 5.82 Å². The molecule has 3 rings (SSSR count). The molecule has 7 heteroatoms. The predicted octanol–water partition coefficient (Wildman–Crippen LogP) is 3.00. The minimum absolute atomic E-state index is 0.0579. The normalized spacial score (nSPS) is 12.7. The van der Waals surface area contributed by atoms with Crippen LogP contribution in [0.2, 0.25) is 0 Å². The van der Waals surface area contributed by atoms with E-state index < -0.39 is 0 Å². The second kappa shape index (κ2) is 10.2. The molecule has 0 aliphatic heterocycles. The first-order chi connectivity index (χ1) is 13.7. The minimum Gasteiger partial charge on any atom is -0.370 e. The van der Waals surface area contributed by atoms with Gasteiger partial charge in [0.25, 0.3) is 0 Å². The molecule has 0 unspecified atom stereocenters. The molecule has 2 heterocycles. The summed E-state index contributed by atoms with van der Waals surface area (Å²) in [6.45, 7) is 1.30. The molecular formula is C21H25FN6. The van der Waals surface area contributed by atoms with Gasteiger partial charge in [-0.3, -0.25) is 9.98 Å². The quantitative estimate of drug-likeness (QED) is 0.302. The summed E-state index contributed by atoms with van der Waals surface area (Å²) in [5.41, 5.74) is 9.04. The van der Waals surface area contributed by atoms with Gasteiger partial charge in [-0.15, -0.1) is 0 Å². The molecule has 0 bridgehead atoms. The highest BCUT2D eigenvalue weighted by molar-refractivity contribution is 5.77. The van der Waals surface area contributed by atoms with Crippen LogP contribution in [0.5, 0.6) is 0 Å². The fourth-order valence-electron chi connectivity index (χ4n) is 3.05. The van der Waals surface area contributed by atoms with Crippen molar-refractivity contribution in [3.63, 3.8) is 0 Å². The molecule has 1 aromatic carbocycles. The highest BCUT2D eigenvalue weighted by atomic mass is 19.1. The zero-order chi connectivity index (χ0) is 19.6. The molecule has 146 valence electrons. The molecule has 0 spiro atoms. The van der Waals surface area contributed by atoms with Crippen molar-refractivity contribution in [2.24, 2.45) is 10.7 Å². The van der Waals surface area contributed by atoms with Gasteiger partial charge in [0.15, 0.2) is 5.96 Å². The van der Waals surface area contributed by atoms with Crippen molar-refractivity contribution < 1.29 is 4.39 Å². The van der Waals surface area contributed by atoms with Crippen LogP contribution in [0.25, 0.3) is 0 Å². The van der Waals surface area contributed by atoms with Crippen molar-refractivity contribution in [3.8, 4) is 0 Å². The Morgan fingerprint density at radius 1 is 1.21 bits per heavy atom. The standard InChI is InChI=1S/C21H25FN6/c22-17-8-6-16(7-9-17)19(20-5-1-2-11-25-20)10-13-27-21(23)26-12-3-4-18-14-24-15-28-18/h1-2,5-9,11,14-15,19H,3-4,10,12-13H2,(H,24,28)(H3,23,26,27)/t19-/m0/s1. The Labute approximate surface area is 164 Å². The zero-order valence-electron chi connectivity index (χ0n) is 15.7. The Morgan fingerprint density at radius 3 is 2.79 bits per heavy atom. The predicted molar refractivity (Wildman–Crippen MR) is 108 cm³/mol. The van der Waals surface area contributed by atoms with Gasteiger partial charge in [-0.1, -0.05) is 18.2 Å². The van der Waals surface area contributed by atoms with Gasteiger partial charge in [0.2, 0.25) is 0 Å². The second-order valence-electron chi connectivity index (χ2n) is 6.52. The summed E-state index contributed by atoms with van der Waals surface area (Å²) in [6.07, 6.45) is 7.83. The maximum absolute atomic E-state index is 13.3. The van der Waals surface area contributed by atoms with Crippen LogP contribution >= 0.6 is 0 Å². The average Bonchev–Trinajstić information content (AvgIpc) is 3.24. The Hall–Kier alpha value is -3.22. The van der Waals surface area contributed by atoms with Gasteiger partial charge in [-0.2, -0.15) is 0 Å². The number of aryl methyl sites for hydroxylation is 1. The molecule has 1 atom stereocenters. The maximum Gasteiger partial charge on any atom is 0.188 e. The summed E-state index contributed by atoms with van der Waals surface area (Å²) in [5, 5.41) is 3.16. The van der Waals surface area contributed by atoms with Crippen LogP contribution in [0.3, 0.4) is 0 Å². The van der Waals surface area contributed by atoms with Gasteiger partial charge in [0.05, 0.1) is 6.33 Å². The number of hydrogen-bond donors (Lipinski definition) is 3. The van der Waals surface area contributed by atoms with Crippen molar-refractivity contribution in [1.82, 2.24) is 20.3 Å². The maximum atomic E-state index is 13.3. The fraction of sp³-hybridized carbons (Fsp3) is 0.286. The van der Waals surface area contributed by atoms with Crippen molar-refractivity contribution in [2.45, 2.75) is 25.2 Å². The average molecular weight is 380 g/mol. The zero-order valence-corrected chi connectivity index (χ0v) is 15.7. The lowest BCUT2D eigenvalue weighted by molar-refractivity contribution is 0.623. The highest BCUT2D eigenvalue weighted by Gasteiger charge is 2.15. The summed E-state index contributed by atoms with van der Waals surface area (Å²) in [6, 6.07) is 12.4. The molecule has 28 heavy (non-hydrogen) atoms. The summed E-state index contributed by atoms with van der Waals surface area (Å²) in [5.74, 6) is 0.249. The van der Waals surface area contributed by atoms with Crippen LogP contribution in [0.15, 0.2) is 66.2 Å². The van der Waals surface area contributed by atoms with Gasteiger partial charge in [-0.25, -0.2) is 9.37 Å². The topological polar surface area (TPSA) is 92.0 Å². The summed E-state index contributed by atoms with van der Waals surface area (Å²) in [4.78, 5) is 15.9. The molecule has 0 amide bonds. The molecule has 0 aliphatic rings. The second-order valence-corrected chi connectivity index (χ2v) is 6.52. The number of halogens is 1. The lowest BCUT2D eigenvalue weighted by Gasteiger charge is -2.17. The SMILES string of the molecule is NC(=NCCCc1cnc[nH]1)NCC[C@@H](c1ccc(F)cc1)c1ccccn1. The third kappa shape index (κ3) is 5.90. The number of aromatic amines is 1. The highest BCUT2D eigenvalue weighted by Crippen LogP contribution is 2.26. The molecule has 0 saturated heterocycles. The Balaban J connectivity index is 1.51. The first kappa shape index (κ1) is 19.5. The number of aliphatic imine (C=N–C) groups is 1. The number of imidazole rings is 1. The number of H-pyrrole nitrogens is 1. The third-order valence-corrected chi connectivity index (χ3v) is 4.50. The molecule has 0 fully saturated rings. The third-order valence-electron chi connectivity index (χ3n) is 4.50. The van der Waals surface area contributed by atoms with Gasteiger partial charge in [-0.05, 0) is 49.1 Å². The van der Waals surface area contributed by atoms with Gasteiger partial charge >= 0.3 is 0 Å². The number of nitrogens with one attached hydrogen (secondary N) is 2. The summed E-state index contributed by atoms with van der Waals surface area (Å²) >= 11 is 0. The Bertz CT molecular complexity index is 846. The van der Waals surface area contributed by atoms with E-state index in [0.29, 0.717) is 19.0 Å². The number of benzene rings is 1. The molecule has 6 nitrogen and oxygen atoms in total. The van der Waals surface area contributed by atoms with E-state index in [0.717, 1.165) is 36.2 Å². The van der Waals surface area contributed by atoms with E-state index in [-0.39, 0.29) is 11.7 Å². The molecule has 0 radical (unpaired) electrons. The van der Waals surface area contributed by atoms with Crippen LogP contribution in [0, 0.1) is 5.82 Å². The van der Waals surface area contributed by atoms with E-state index >= 15 is 0 Å². The van der Waals surface area contributed by atoms with Crippen LogP contribution in [0.1, 0.15) is 35.7 Å². The minimum atomic E-state index is -0.242. The van der Waals surface area contributed by atoms with Crippen LogP contribution in [-0.4, -0.2) is 34.0 Å². The lowest BCUT2D eigenvalue weighted by atomic mass is 9.92. The monoisotopic (exact) mass is 380 g/mol. The van der Waals surface area contributed by atoms with E-state index in [4.69, 9.17) is 5.73 Å². The summed E-state index contributed by atoms with van der Waals surface area (Å²) in [7, 11) is 0. The lowest BCUT2D eigenvalue weighted by Crippen LogP contribution is -2.33. The number of nitrogens with two attached hydrogens (primary N) is 1. The van der Waals surface area contributed by atoms with E-state index in [1.54, 1.807) is 12.5 Å². The molecule has 4 N–H and O–H groups in total.